The minimum atomic E-state index is 0.0845. The highest BCUT2D eigenvalue weighted by Gasteiger charge is 2.29. The van der Waals surface area contributed by atoms with Crippen LogP contribution in [0.5, 0.6) is 0 Å². The van der Waals surface area contributed by atoms with Crippen molar-refractivity contribution in [2.24, 2.45) is 13.0 Å². The lowest BCUT2D eigenvalue weighted by atomic mass is 9.84. The van der Waals surface area contributed by atoms with Crippen molar-refractivity contribution >= 4 is 5.91 Å². The van der Waals surface area contributed by atoms with E-state index >= 15 is 0 Å². The van der Waals surface area contributed by atoms with Crippen molar-refractivity contribution in [2.45, 2.75) is 56.9 Å². The SMILES string of the molecule is Cn1nc(Cc2ccccc2)nc1C1CCN(CCC(NC(=O)C2CCC2)c2ccccc2)CC1. The lowest BCUT2D eigenvalue weighted by Gasteiger charge is -2.33. The van der Waals surface area contributed by atoms with Crippen LogP contribution in [0.2, 0.25) is 0 Å². The van der Waals surface area contributed by atoms with Gasteiger partial charge >= 0.3 is 0 Å². The molecule has 2 heterocycles. The highest BCUT2D eigenvalue weighted by Crippen LogP contribution is 2.30. The molecule has 2 fully saturated rings. The third kappa shape index (κ3) is 5.99. The second kappa shape index (κ2) is 11.2. The molecule has 6 nitrogen and oxygen atoms in total. The molecule has 1 aliphatic carbocycles. The van der Waals surface area contributed by atoms with Crippen molar-refractivity contribution in [3.05, 3.63) is 83.4 Å². The van der Waals surface area contributed by atoms with Gasteiger partial charge in [-0.2, -0.15) is 5.10 Å². The number of amides is 1. The molecule has 0 radical (unpaired) electrons. The van der Waals surface area contributed by atoms with Crippen LogP contribution in [0.1, 0.15) is 73.3 Å². The van der Waals surface area contributed by atoms with E-state index in [1.54, 1.807) is 0 Å². The van der Waals surface area contributed by atoms with E-state index in [4.69, 9.17) is 10.1 Å². The Balaban J connectivity index is 1.14. The van der Waals surface area contributed by atoms with Crippen molar-refractivity contribution in [1.29, 1.82) is 0 Å². The van der Waals surface area contributed by atoms with E-state index in [2.05, 4.69) is 58.7 Å². The van der Waals surface area contributed by atoms with Crippen LogP contribution in [0.4, 0.5) is 0 Å². The lowest BCUT2D eigenvalue weighted by molar-refractivity contribution is -0.128. The topological polar surface area (TPSA) is 63.1 Å². The van der Waals surface area contributed by atoms with E-state index in [-0.39, 0.29) is 17.9 Å². The summed E-state index contributed by atoms with van der Waals surface area (Å²) in [7, 11) is 2.03. The van der Waals surface area contributed by atoms with Crippen LogP contribution in [-0.4, -0.2) is 45.2 Å². The minimum absolute atomic E-state index is 0.0845. The number of nitrogens with zero attached hydrogens (tertiary/aromatic N) is 4. The number of piperidine rings is 1. The van der Waals surface area contributed by atoms with Crippen LogP contribution in [-0.2, 0) is 18.3 Å². The number of aryl methyl sites for hydroxylation is 1. The average Bonchev–Trinajstić information content (AvgIpc) is 3.22. The number of likely N-dealkylation sites (tertiary alicyclic amines) is 1. The van der Waals surface area contributed by atoms with Gasteiger partial charge < -0.3 is 10.2 Å². The molecule has 1 N–H and O–H groups in total. The van der Waals surface area contributed by atoms with E-state index in [1.807, 2.05) is 23.9 Å². The number of benzene rings is 2. The zero-order chi connectivity index (χ0) is 24.0. The van der Waals surface area contributed by atoms with Crippen molar-refractivity contribution < 1.29 is 4.79 Å². The summed E-state index contributed by atoms with van der Waals surface area (Å²) in [5.41, 5.74) is 2.46. The number of rotatable bonds is 9. The first-order valence-electron chi connectivity index (χ1n) is 13.2. The summed E-state index contributed by atoms with van der Waals surface area (Å²) in [6, 6.07) is 21.0. The zero-order valence-electron chi connectivity index (χ0n) is 20.8. The Bertz CT molecular complexity index is 1080. The number of aromatic nitrogens is 3. The molecule has 1 amide bonds. The second-order valence-electron chi connectivity index (χ2n) is 10.2. The smallest absolute Gasteiger partial charge is 0.223 e. The van der Waals surface area contributed by atoms with Gasteiger partial charge in [0.15, 0.2) is 5.82 Å². The lowest BCUT2D eigenvalue weighted by Crippen LogP contribution is -2.39. The first-order chi connectivity index (χ1) is 17.2. The van der Waals surface area contributed by atoms with E-state index in [9.17, 15) is 4.79 Å². The van der Waals surface area contributed by atoms with Crippen molar-refractivity contribution in [1.82, 2.24) is 25.0 Å². The fraction of sp³-hybridized carbons (Fsp3) is 0.483. The first-order valence-corrected chi connectivity index (χ1v) is 13.2. The molecule has 1 unspecified atom stereocenters. The Kier molecular flexibility index (Phi) is 7.57. The number of hydrogen-bond acceptors (Lipinski definition) is 4. The average molecular weight is 472 g/mol. The Morgan fingerprint density at radius 1 is 1.00 bits per heavy atom. The second-order valence-corrected chi connectivity index (χ2v) is 10.2. The first kappa shape index (κ1) is 23.7. The Labute approximate surface area is 208 Å². The van der Waals surface area contributed by atoms with Gasteiger partial charge in [0.1, 0.15) is 5.82 Å². The van der Waals surface area contributed by atoms with Crippen molar-refractivity contribution in [3.8, 4) is 0 Å². The fourth-order valence-corrected chi connectivity index (χ4v) is 5.35. The molecule has 1 aromatic heterocycles. The molecule has 1 saturated heterocycles. The van der Waals surface area contributed by atoms with Gasteiger partial charge in [0.25, 0.3) is 0 Å². The summed E-state index contributed by atoms with van der Waals surface area (Å²) < 4.78 is 1.99. The fourth-order valence-electron chi connectivity index (χ4n) is 5.35. The van der Waals surface area contributed by atoms with E-state index in [0.717, 1.165) is 69.8 Å². The maximum absolute atomic E-state index is 12.7. The number of nitrogens with one attached hydrogen (secondary N) is 1. The molecular formula is C29H37N5O. The van der Waals surface area contributed by atoms with E-state index in [0.29, 0.717) is 5.92 Å². The highest BCUT2D eigenvalue weighted by molar-refractivity contribution is 5.79. The monoisotopic (exact) mass is 471 g/mol. The molecule has 1 aliphatic heterocycles. The number of carbonyl (C=O) groups is 1. The molecule has 6 heteroatoms. The van der Waals surface area contributed by atoms with Crippen LogP contribution in [0.25, 0.3) is 0 Å². The quantitative estimate of drug-likeness (QED) is 0.494. The third-order valence-electron chi connectivity index (χ3n) is 7.73. The summed E-state index contributed by atoms with van der Waals surface area (Å²) in [5.74, 6) is 2.93. The molecule has 1 saturated carbocycles. The predicted octanol–water partition coefficient (Wildman–Crippen LogP) is 4.63. The van der Waals surface area contributed by atoms with Crippen LogP contribution < -0.4 is 5.32 Å². The molecule has 1 atom stereocenters. The predicted molar refractivity (Wildman–Crippen MR) is 138 cm³/mol. The van der Waals surface area contributed by atoms with Crippen LogP contribution in [0.3, 0.4) is 0 Å². The maximum atomic E-state index is 12.7. The molecule has 35 heavy (non-hydrogen) atoms. The van der Waals surface area contributed by atoms with Crippen molar-refractivity contribution in [3.63, 3.8) is 0 Å². The highest BCUT2D eigenvalue weighted by atomic mass is 16.2. The van der Waals surface area contributed by atoms with Crippen LogP contribution in [0.15, 0.2) is 60.7 Å². The van der Waals surface area contributed by atoms with Gasteiger partial charge in [0.2, 0.25) is 5.91 Å². The molecule has 0 spiro atoms. The molecular weight excluding hydrogens is 434 g/mol. The molecule has 3 aromatic rings. The largest absolute Gasteiger partial charge is 0.349 e. The summed E-state index contributed by atoms with van der Waals surface area (Å²) in [6.45, 7) is 3.11. The summed E-state index contributed by atoms with van der Waals surface area (Å²) in [5, 5.41) is 8.05. The Morgan fingerprint density at radius 2 is 1.69 bits per heavy atom. The minimum Gasteiger partial charge on any atom is -0.349 e. The Hall–Kier alpha value is -2.99. The third-order valence-corrected chi connectivity index (χ3v) is 7.73. The van der Waals surface area contributed by atoms with E-state index in [1.165, 1.54) is 17.5 Å². The van der Waals surface area contributed by atoms with Gasteiger partial charge in [0.05, 0.1) is 6.04 Å². The van der Waals surface area contributed by atoms with Gasteiger partial charge in [-0.3, -0.25) is 9.48 Å². The summed E-state index contributed by atoms with van der Waals surface area (Å²) in [4.78, 5) is 20.1. The van der Waals surface area contributed by atoms with Gasteiger partial charge in [-0.15, -0.1) is 0 Å². The van der Waals surface area contributed by atoms with E-state index < -0.39 is 0 Å². The normalized spacial score (nSPS) is 18.2. The standard InChI is InChI=1S/C29H37N5O/c1-33-28(31-27(32-33)21-22-9-4-2-5-10-22)24-15-18-34(19-16-24)20-17-26(23-11-6-3-7-12-23)30-29(35)25-13-8-14-25/h2-7,9-12,24-26H,8,13-21H2,1H3,(H,30,35). The number of hydrogen-bond donors (Lipinski definition) is 1. The summed E-state index contributed by atoms with van der Waals surface area (Å²) in [6.07, 6.45) is 7.18. The molecule has 2 aliphatic rings. The van der Waals surface area contributed by atoms with Crippen LogP contribution >= 0.6 is 0 Å². The molecule has 0 bridgehead atoms. The van der Waals surface area contributed by atoms with Crippen LogP contribution in [0, 0.1) is 5.92 Å². The number of carbonyl (C=O) groups excluding carboxylic acids is 1. The molecule has 5 rings (SSSR count). The van der Waals surface area contributed by atoms with Crippen molar-refractivity contribution in [2.75, 3.05) is 19.6 Å². The van der Waals surface area contributed by atoms with Gasteiger partial charge in [-0.1, -0.05) is 67.1 Å². The van der Waals surface area contributed by atoms with Gasteiger partial charge in [-0.05, 0) is 56.3 Å². The molecule has 2 aromatic carbocycles. The maximum Gasteiger partial charge on any atom is 0.223 e. The molecule has 184 valence electrons. The zero-order valence-corrected chi connectivity index (χ0v) is 20.8. The van der Waals surface area contributed by atoms with Gasteiger partial charge in [0, 0.05) is 31.8 Å². The summed E-state index contributed by atoms with van der Waals surface area (Å²) >= 11 is 0. The Morgan fingerprint density at radius 3 is 2.34 bits per heavy atom. The van der Waals surface area contributed by atoms with Gasteiger partial charge in [-0.25, -0.2) is 4.98 Å².